The minimum Gasteiger partial charge on any atom is -0.490 e. The summed E-state index contributed by atoms with van der Waals surface area (Å²) in [6, 6.07) is 9.64. The van der Waals surface area contributed by atoms with E-state index in [4.69, 9.17) is 4.74 Å². The molecular weight excluding hydrogens is 258 g/mol. The number of hydrogen-bond acceptors (Lipinski definition) is 3. The Morgan fingerprint density at radius 3 is 3.16 bits per heavy atom. The molecule has 2 aromatic rings. The predicted molar refractivity (Wildman–Crippen MR) is 75.7 cm³/mol. The highest BCUT2D eigenvalue weighted by molar-refractivity contribution is 7.09. The number of carbonyl (C=O) groups excluding carboxylic acids is 1. The maximum Gasteiger partial charge on any atom is 0.251 e. The molecule has 2 heterocycles. The summed E-state index contributed by atoms with van der Waals surface area (Å²) in [5, 5.41) is 4.94. The van der Waals surface area contributed by atoms with Crippen LogP contribution in [0.3, 0.4) is 0 Å². The Balaban J connectivity index is 1.69. The summed E-state index contributed by atoms with van der Waals surface area (Å²) in [7, 11) is 0. The van der Waals surface area contributed by atoms with Gasteiger partial charge in [0, 0.05) is 16.9 Å². The second-order valence-electron chi connectivity index (χ2n) is 4.72. The fourth-order valence-corrected chi connectivity index (χ4v) is 2.89. The lowest BCUT2D eigenvalue weighted by Crippen LogP contribution is -2.22. The molecule has 1 aromatic heterocycles. The molecule has 0 saturated carbocycles. The van der Waals surface area contributed by atoms with Gasteiger partial charge in [0.05, 0.1) is 6.54 Å². The van der Waals surface area contributed by atoms with E-state index in [1.165, 1.54) is 0 Å². The van der Waals surface area contributed by atoms with Crippen molar-refractivity contribution in [1.82, 2.24) is 5.32 Å². The van der Waals surface area contributed by atoms with Gasteiger partial charge in [0.15, 0.2) is 0 Å². The van der Waals surface area contributed by atoms with Crippen LogP contribution in [0.25, 0.3) is 0 Å². The maximum atomic E-state index is 12.1. The Kier molecular flexibility index (Phi) is 3.25. The van der Waals surface area contributed by atoms with Crippen LogP contribution in [-0.4, -0.2) is 12.0 Å². The number of fused-ring (bicyclic) bond motifs is 1. The highest BCUT2D eigenvalue weighted by Crippen LogP contribution is 2.29. The van der Waals surface area contributed by atoms with Crippen molar-refractivity contribution in [3.63, 3.8) is 0 Å². The molecule has 98 valence electrons. The van der Waals surface area contributed by atoms with E-state index in [9.17, 15) is 4.79 Å². The molecule has 1 amide bonds. The van der Waals surface area contributed by atoms with E-state index in [1.54, 1.807) is 11.3 Å². The summed E-state index contributed by atoms with van der Waals surface area (Å²) < 4.78 is 5.63. The fraction of sp³-hybridized carbons (Fsp3) is 0.267. The number of ether oxygens (including phenoxy) is 1. The molecule has 0 bridgehead atoms. The summed E-state index contributed by atoms with van der Waals surface area (Å²) in [4.78, 5) is 13.2. The van der Waals surface area contributed by atoms with E-state index in [0.29, 0.717) is 12.1 Å². The molecule has 1 aliphatic heterocycles. The van der Waals surface area contributed by atoms with Gasteiger partial charge in [-0.05, 0) is 42.1 Å². The Morgan fingerprint density at radius 2 is 2.37 bits per heavy atom. The largest absolute Gasteiger partial charge is 0.490 e. The first-order chi connectivity index (χ1) is 9.22. The third kappa shape index (κ3) is 2.63. The van der Waals surface area contributed by atoms with Crippen molar-refractivity contribution in [1.29, 1.82) is 0 Å². The Morgan fingerprint density at radius 1 is 1.47 bits per heavy atom. The van der Waals surface area contributed by atoms with Gasteiger partial charge in [-0.3, -0.25) is 4.79 Å². The molecule has 1 N–H and O–H groups in total. The zero-order chi connectivity index (χ0) is 13.2. The Bertz CT molecular complexity index is 592. The molecule has 1 aromatic carbocycles. The SMILES string of the molecule is C[C@H]1Cc2cc(C(=O)NCc3cccs3)ccc2O1. The highest BCUT2D eigenvalue weighted by atomic mass is 32.1. The summed E-state index contributed by atoms with van der Waals surface area (Å²) in [6.07, 6.45) is 1.08. The molecule has 4 heteroatoms. The number of rotatable bonds is 3. The van der Waals surface area contributed by atoms with Crippen molar-refractivity contribution in [2.75, 3.05) is 0 Å². The zero-order valence-electron chi connectivity index (χ0n) is 10.7. The van der Waals surface area contributed by atoms with Crippen LogP contribution in [0.15, 0.2) is 35.7 Å². The fourth-order valence-electron chi connectivity index (χ4n) is 2.25. The molecule has 3 rings (SSSR count). The minimum atomic E-state index is -0.0317. The third-order valence-electron chi connectivity index (χ3n) is 3.16. The van der Waals surface area contributed by atoms with Gasteiger partial charge in [-0.1, -0.05) is 6.07 Å². The van der Waals surface area contributed by atoms with E-state index in [-0.39, 0.29) is 12.0 Å². The average Bonchev–Trinajstić information content (AvgIpc) is 3.02. The monoisotopic (exact) mass is 273 g/mol. The average molecular weight is 273 g/mol. The van der Waals surface area contributed by atoms with E-state index < -0.39 is 0 Å². The summed E-state index contributed by atoms with van der Waals surface area (Å²) in [5.41, 5.74) is 1.82. The first-order valence-corrected chi connectivity index (χ1v) is 7.20. The lowest BCUT2D eigenvalue weighted by Gasteiger charge is -2.05. The van der Waals surface area contributed by atoms with Crippen LogP contribution in [0.4, 0.5) is 0 Å². The molecule has 3 nitrogen and oxygen atoms in total. The molecule has 19 heavy (non-hydrogen) atoms. The second kappa shape index (κ2) is 5.05. The lowest BCUT2D eigenvalue weighted by molar-refractivity contribution is 0.0951. The van der Waals surface area contributed by atoms with Crippen molar-refractivity contribution < 1.29 is 9.53 Å². The topological polar surface area (TPSA) is 38.3 Å². The van der Waals surface area contributed by atoms with E-state index in [1.807, 2.05) is 42.6 Å². The maximum absolute atomic E-state index is 12.1. The van der Waals surface area contributed by atoms with Gasteiger partial charge in [0.1, 0.15) is 11.9 Å². The minimum absolute atomic E-state index is 0.0317. The Labute approximate surface area is 116 Å². The quantitative estimate of drug-likeness (QED) is 0.933. The molecule has 0 fully saturated rings. The number of carbonyl (C=O) groups is 1. The van der Waals surface area contributed by atoms with Crippen LogP contribution >= 0.6 is 11.3 Å². The first kappa shape index (κ1) is 12.2. The number of amides is 1. The van der Waals surface area contributed by atoms with Crippen molar-refractivity contribution in [3.8, 4) is 5.75 Å². The second-order valence-corrected chi connectivity index (χ2v) is 5.75. The third-order valence-corrected chi connectivity index (χ3v) is 4.04. The van der Waals surface area contributed by atoms with Crippen molar-refractivity contribution in [2.24, 2.45) is 0 Å². The van der Waals surface area contributed by atoms with Crippen LogP contribution in [-0.2, 0) is 13.0 Å². The predicted octanol–water partition coefficient (Wildman–Crippen LogP) is 3.00. The normalized spacial score (nSPS) is 16.8. The molecule has 0 radical (unpaired) electrons. The van der Waals surface area contributed by atoms with Gasteiger partial charge < -0.3 is 10.1 Å². The van der Waals surface area contributed by atoms with Crippen LogP contribution in [0.5, 0.6) is 5.75 Å². The Hall–Kier alpha value is -1.81. The van der Waals surface area contributed by atoms with Crippen LogP contribution in [0.2, 0.25) is 0 Å². The summed E-state index contributed by atoms with van der Waals surface area (Å²) in [6.45, 7) is 2.62. The van der Waals surface area contributed by atoms with E-state index in [0.717, 1.165) is 22.6 Å². The molecule has 1 atom stereocenters. The van der Waals surface area contributed by atoms with Gasteiger partial charge in [-0.25, -0.2) is 0 Å². The number of benzene rings is 1. The molecule has 0 unspecified atom stereocenters. The van der Waals surface area contributed by atoms with Crippen molar-refractivity contribution >= 4 is 17.2 Å². The smallest absolute Gasteiger partial charge is 0.251 e. The van der Waals surface area contributed by atoms with Crippen molar-refractivity contribution in [3.05, 3.63) is 51.7 Å². The van der Waals surface area contributed by atoms with Crippen LogP contribution in [0, 0.1) is 0 Å². The lowest BCUT2D eigenvalue weighted by atomic mass is 10.1. The highest BCUT2D eigenvalue weighted by Gasteiger charge is 2.20. The van der Waals surface area contributed by atoms with Gasteiger partial charge in [-0.2, -0.15) is 0 Å². The first-order valence-electron chi connectivity index (χ1n) is 6.32. The van der Waals surface area contributed by atoms with Gasteiger partial charge in [0.2, 0.25) is 0 Å². The van der Waals surface area contributed by atoms with E-state index >= 15 is 0 Å². The van der Waals surface area contributed by atoms with Gasteiger partial charge >= 0.3 is 0 Å². The number of hydrogen-bond donors (Lipinski definition) is 1. The molecule has 0 saturated heterocycles. The molecule has 0 spiro atoms. The zero-order valence-corrected chi connectivity index (χ0v) is 11.5. The standard InChI is InChI=1S/C15H15NO2S/c1-10-7-12-8-11(4-5-14(12)18-10)15(17)16-9-13-3-2-6-19-13/h2-6,8,10H,7,9H2,1H3,(H,16,17)/t10-/m0/s1. The van der Waals surface area contributed by atoms with Crippen LogP contribution < -0.4 is 10.1 Å². The van der Waals surface area contributed by atoms with Gasteiger partial charge in [-0.15, -0.1) is 11.3 Å². The number of nitrogens with one attached hydrogen (secondary N) is 1. The van der Waals surface area contributed by atoms with E-state index in [2.05, 4.69) is 5.32 Å². The van der Waals surface area contributed by atoms with Crippen LogP contribution in [0.1, 0.15) is 27.7 Å². The molecule has 0 aliphatic carbocycles. The van der Waals surface area contributed by atoms with Crippen molar-refractivity contribution in [2.45, 2.75) is 26.0 Å². The summed E-state index contributed by atoms with van der Waals surface area (Å²) >= 11 is 1.65. The molecule has 1 aliphatic rings. The number of thiophene rings is 1. The summed E-state index contributed by atoms with van der Waals surface area (Å²) in [5.74, 6) is 0.873. The van der Waals surface area contributed by atoms with Gasteiger partial charge in [0.25, 0.3) is 5.91 Å². The molecular formula is C15H15NO2S.